The molecule has 1 fully saturated rings. The zero-order chi connectivity index (χ0) is 25.2. The van der Waals surface area contributed by atoms with Crippen LogP contribution in [0.25, 0.3) is 10.9 Å². The molecule has 1 saturated carbocycles. The second-order valence-electron chi connectivity index (χ2n) is 9.59. The minimum atomic E-state index is -0.906. The minimum Gasteiger partial charge on any atom is -0.485 e. The molecular weight excluding hydrogens is 470 g/mol. The van der Waals surface area contributed by atoms with Crippen LogP contribution in [0.5, 0.6) is 11.5 Å². The first-order chi connectivity index (χ1) is 18.2. The highest BCUT2D eigenvalue weighted by Gasteiger charge is 2.40. The molecule has 3 heterocycles. The lowest BCUT2D eigenvalue weighted by Gasteiger charge is -2.35. The summed E-state index contributed by atoms with van der Waals surface area (Å²) in [4.78, 5) is 32.9. The molecule has 2 atom stereocenters. The van der Waals surface area contributed by atoms with Crippen LogP contribution in [-0.2, 0) is 16.1 Å². The average molecular weight is 500 g/mol. The summed E-state index contributed by atoms with van der Waals surface area (Å²) in [5.41, 5.74) is 1.62. The maximum absolute atomic E-state index is 14.1. The summed E-state index contributed by atoms with van der Waals surface area (Å²) >= 11 is 0. The Morgan fingerprint density at radius 1 is 1.00 bits per heavy atom. The van der Waals surface area contributed by atoms with Crippen LogP contribution in [0.15, 0.2) is 77.5 Å². The number of H-pyrrole nitrogens is 1. The fourth-order valence-electron chi connectivity index (χ4n) is 5.31. The Balaban J connectivity index is 1.39. The van der Waals surface area contributed by atoms with E-state index in [0.717, 1.165) is 42.1 Å². The lowest BCUT2D eigenvalue weighted by Crippen LogP contribution is -2.51. The lowest BCUT2D eigenvalue weighted by molar-refractivity contribution is -0.149. The zero-order valence-electron chi connectivity index (χ0n) is 20.4. The summed E-state index contributed by atoms with van der Waals surface area (Å²) in [6, 6.07) is 17.8. The Kier molecular flexibility index (Phi) is 6.30. The van der Waals surface area contributed by atoms with Crippen molar-refractivity contribution >= 4 is 22.7 Å². The van der Waals surface area contributed by atoms with Crippen molar-refractivity contribution in [3.8, 4) is 11.5 Å². The third kappa shape index (κ3) is 4.67. The van der Waals surface area contributed by atoms with E-state index in [2.05, 4.69) is 10.3 Å². The Hall–Kier alpha value is -4.20. The van der Waals surface area contributed by atoms with Gasteiger partial charge >= 0.3 is 0 Å². The molecule has 1 aliphatic carbocycles. The van der Waals surface area contributed by atoms with Crippen LogP contribution < -0.4 is 14.8 Å². The first-order valence-corrected chi connectivity index (χ1v) is 12.7. The second-order valence-corrected chi connectivity index (χ2v) is 9.59. The predicted molar refractivity (Wildman–Crippen MR) is 137 cm³/mol. The summed E-state index contributed by atoms with van der Waals surface area (Å²) in [6.45, 7) is 0.158. The molecule has 37 heavy (non-hydrogen) atoms. The number of carbonyl (C=O) groups is 2. The summed E-state index contributed by atoms with van der Waals surface area (Å²) in [5, 5.41) is 4.10. The monoisotopic (exact) mass is 499 g/mol. The van der Waals surface area contributed by atoms with E-state index in [1.165, 1.54) is 0 Å². The van der Waals surface area contributed by atoms with Crippen LogP contribution in [-0.4, -0.2) is 40.5 Å². The molecule has 190 valence electrons. The molecular formula is C29H29N3O5. The van der Waals surface area contributed by atoms with Crippen molar-refractivity contribution in [2.75, 3.05) is 6.61 Å². The maximum atomic E-state index is 14.1. The van der Waals surface area contributed by atoms with Gasteiger partial charge in [0.25, 0.3) is 5.91 Å². The largest absolute Gasteiger partial charge is 0.485 e. The number of hydrogen-bond donors (Lipinski definition) is 2. The van der Waals surface area contributed by atoms with Gasteiger partial charge in [-0.15, -0.1) is 0 Å². The van der Waals surface area contributed by atoms with Gasteiger partial charge in [-0.1, -0.05) is 43.2 Å². The maximum Gasteiger partial charge on any atom is 0.268 e. The van der Waals surface area contributed by atoms with Crippen LogP contribution in [0.4, 0.5) is 0 Å². The number of nitrogens with zero attached hydrogens (tertiary/aromatic N) is 1. The number of nitrogens with one attached hydrogen (secondary N) is 2. The summed E-state index contributed by atoms with van der Waals surface area (Å²) in [6.07, 6.45) is 6.53. The highest BCUT2D eigenvalue weighted by atomic mass is 16.6. The van der Waals surface area contributed by atoms with E-state index in [-0.39, 0.29) is 31.0 Å². The van der Waals surface area contributed by atoms with Crippen LogP contribution in [0.1, 0.15) is 43.0 Å². The van der Waals surface area contributed by atoms with Gasteiger partial charge in [0.05, 0.1) is 12.8 Å². The van der Waals surface area contributed by atoms with Crippen LogP contribution in [0.2, 0.25) is 0 Å². The van der Waals surface area contributed by atoms with Gasteiger partial charge in [-0.05, 0) is 43.2 Å². The van der Waals surface area contributed by atoms with Gasteiger partial charge in [0.1, 0.15) is 18.4 Å². The van der Waals surface area contributed by atoms with Crippen LogP contribution in [0.3, 0.4) is 0 Å². The molecule has 2 aliphatic rings. The standard InChI is InChI=1S/C29H29N3O5/c33-28(31-19-8-1-2-9-19)27(22-16-30-23-12-4-3-11-21(22)23)32(17-20-10-7-15-35-20)29(34)26-18-36-24-13-5-6-14-25(24)37-26/h3-7,10-16,19,26-27,30H,1-2,8-9,17-18H2,(H,31,33)/t26-,27+/m0/s1. The molecule has 8 nitrogen and oxygen atoms in total. The van der Waals surface area contributed by atoms with E-state index < -0.39 is 12.1 Å². The molecule has 4 aromatic rings. The van der Waals surface area contributed by atoms with Gasteiger partial charge in [0.2, 0.25) is 12.0 Å². The number of aromatic nitrogens is 1. The van der Waals surface area contributed by atoms with E-state index >= 15 is 0 Å². The van der Waals surface area contributed by atoms with Crippen LogP contribution in [0, 0.1) is 0 Å². The molecule has 2 aromatic carbocycles. The molecule has 2 aromatic heterocycles. The van der Waals surface area contributed by atoms with Gasteiger partial charge in [-0.3, -0.25) is 9.59 Å². The summed E-state index contributed by atoms with van der Waals surface area (Å²) < 4.78 is 17.5. The fraction of sp³-hybridized carbons (Fsp3) is 0.310. The van der Waals surface area contributed by atoms with E-state index in [0.29, 0.717) is 17.3 Å². The number of benzene rings is 2. The fourth-order valence-corrected chi connectivity index (χ4v) is 5.31. The van der Waals surface area contributed by atoms with E-state index in [9.17, 15) is 9.59 Å². The number of rotatable bonds is 7. The minimum absolute atomic E-state index is 0.0509. The van der Waals surface area contributed by atoms with Crippen LogP contribution >= 0.6 is 0 Å². The molecule has 0 radical (unpaired) electrons. The van der Waals surface area contributed by atoms with Crippen molar-refractivity contribution in [1.82, 2.24) is 15.2 Å². The molecule has 8 heteroatoms. The first-order valence-electron chi connectivity index (χ1n) is 12.7. The number of carbonyl (C=O) groups excluding carboxylic acids is 2. The highest BCUT2D eigenvalue weighted by molar-refractivity contribution is 5.95. The van der Waals surface area contributed by atoms with Crippen molar-refractivity contribution in [2.24, 2.45) is 0 Å². The zero-order valence-corrected chi connectivity index (χ0v) is 20.4. The van der Waals surface area contributed by atoms with E-state index in [1.54, 1.807) is 35.4 Å². The van der Waals surface area contributed by atoms with E-state index in [1.807, 2.05) is 42.6 Å². The Morgan fingerprint density at radius 3 is 2.59 bits per heavy atom. The molecule has 0 saturated heterocycles. The van der Waals surface area contributed by atoms with Gasteiger partial charge in [-0.25, -0.2) is 0 Å². The van der Waals surface area contributed by atoms with Crippen molar-refractivity contribution in [3.05, 3.63) is 84.4 Å². The third-order valence-electron chi connectivity index (χ3n) is 7.15. The molecule has 0 bridgehead atoms. The van der Waals surface area contributed by atoms with Gasteiger partial charge in [0, 0.05) is 28.7 Å². The quantitative estimate of drug-likeness (QED) is 0.383. The van der Waals surface area contributed by atoms with Gasteiger partial charge in [0.15, 0.2) is 11.5 Å². The Morgan fingerprint density at radius 2 is 1.78 bits per heavy atom. The number of furan rings is 1. The summed E-state index contributed by atoms with van der Waals surface area (Å²) in [7, 11) is 0. The van der Waals surface area contributed by atoms with Crippen molar-refractivity contribution < 1.29 is 23.5 Å². The normalized spacial score (nSPS) is 18.0. The van der Waals surface area contributed by atoms with Gasteiger partial charge in [-0.2, -0.15) is 0 Å². The molecule has 6 rings (SSSR count). The number of para-hydroxylation sites is 3. The molecule has 1 aliphatic heterocycles. The smallest absolute Gasteiger partial charge is 0.268 e. The number of hydrogen-bond acceptors (Lipinski definition) is 5. The number of ether oxygens (including phenoxy) is 2. The topological polar surface area (TPSA) is 96.8 Å². The third-order valence-corrected chi connectivity index (χ3v) is 7.15. The number of aromatic amines is 1. The summed E-state index contributed by atoms with van der Waals surface area (Å²) in [5.74, 6) is 1.11. The van der Waals surface area contributed by atoms with Crippen molar-refractivity contribution in [1.29, 1.82) is 0 Å². The lowest BCUT2D eigenvalue weighted by atomic mass is 10.0. The van der Waals surface area contributed by atoms with Crippen molar-refractivity contribution in [3.63, 3.8) is 0 Å². The Labute approximate surface area is 214 Å². The van der Waals surface area contributed by atoms with Gasteiger partial charge < -0.3 is 29.1 Å². The second kappa shape index (κ2) is 10.0. The predicted octanol–water partition coefficient (Wildman–Crippen LogP) is 4.73. The molecule has 2 N–H and O–H groups in total. The number of amides is 2. The Bertz CT molecular complexity index is 1390. The highest BCUT2D eigenvalue weighted by Crippen LogP contribution is 2.35. The molecule has 0 spiro atoms. The molecule has 2 amide bonds. The number of fused-ring (bicyclic) bond motifs is 2. The van der Waals surface area contributed by atoms with E-state index in [4.69, 9.17) is 13.9 Å². The van der Waals surface area contributed by atoms with Crippen molar-refractivity contribution in [2.45, 2.75) is 50.4 Å². The SMILES string of the molecule is O=C(NC1CCCC1)[C@@H](c1c[nH]c2ccccc12)N(Cc1ccco1)C(=O)[C@@H]1COc2ccccc2O1. The first kappa shape index (κ1) is 23.2. The molecule has 0 unspecified atom stereocenters. The average Bonchev–Trinajstić information content (AvgIpc) is 3.71.